The molecule has 19 heavy (non-hydrogen) atoms. The van der Waals surface area contributed by atoms with Gasteiger partial charge in [0.15, 0.2) is 9.84 Å². The van der Waals surface area contributed by atoms with Gasteiger partial charge in [0.1, 0.15) is 5.25 Å². The number of anilines is 1. The highest BCUT2D eigenvalue weighted by Gasteiger charge is 2.23. The molecule has 0 bridgehead atoms. The van der Waals surface area contributed by atoms with Crippen LogP contribution in [0.3, 0.4) is 0 Å². The lowest BCUT2D eigenvalue weighted by Gasteiger charge is -2.18. The van der Waals surface area contributed by atoms with Crippen LogP contribution in [0.2, 0.25) is 0 Å². The second-order valence-electron chi connectivity index (χ2n) is 4.87. The third-order valence-corrected chi connectivity index (χ3v) is 4.87. The summed E-state index contributed by atoms with van der Waals surface area (Å²) in [4.78, 5) is 11.8. The largest absolute Gasteiger partial charge is 0.325 e. The molecular formula is C13H18N2O3S. The molecule has 1 atom stereocenters. The van der Waals surface area contributed by atoms with Crippen molar-refractivity contribution in [3.8, 4) is 0 Å². The Morgan fingerprint density at radius 2 is 2.11 bits per heavy atom. The van der Waals surface area contributed by atoms with Gasteiger partial charge in [-0.05, 0) is 43.1 Å². The van der Waals surface area contributed by atoms with Crippen molar-refractivity contribution < 1.29 is 13.2 Å². The molecule has 0 radical (unpaired) electrons. The van der Waals surface area contributed by atoms with Crippen molar-refractivity contribution in [3.05, 3.63) is 29.3 Å². The van der Waals surface area contributed by atoms with Crippen LogP contribution in [0.15, 0.2) is 18.2 Å². The summed E-state index contributed by atoms with van der Waals surface area (Å²) in [7, 11) is -3.36. The Labute approximate surface area is 113 Å². The van der Waals surface area contributed by atoms with Crippen molar-refractivity contribution in [1.82, 2.24) is 5.32 Å². The van der Waals surface area contributed by atoms with Gasteiger partial charge >= 0.3 is 0 Å². The number of rotatable bonds is 3. The van der Waals surface area contributed by atoms with Crippen molar-refractivity contribution in [3.63, 3.8) is 0 Å². The first-order chi connectivity index (χ1) is 8.88. The van der Waals surface area contributed by atoms with E-state index < -0.39 is 21.0 Å². The Hall–Kier alpha value is -1.40. The summed E-state index contributed by atoms with van der Waals surface area (Å²) in [6, 6.07) is 5.70. The van der Waals surface area contributed by atoms with Gasteiger partial charge in [-0.15, -0.1) is 0 Å². The predicted molar refractivity (Wildman–Crippen MR) is 74.8 cm³/mol. The summed E-state index contributed by atoms with van der Waals surface area (Å²) in [6.45, 7) is 3.13. The number of hydrogen-bond donors (Lipinski definition) is 2. The molecule has 2 N–H and O–H groups in total. The van der Waals surface area contributed by atoms with Crippen LogP contribution in [0.4, 0.5) is 5.69 Å². The minimum Gasteiger partial charge on any atom is -0.325 e. The number of carbonyl (C=O) groups excluding carboxylic acids is 1. The molecule has 1 unspecified atom stereocenters. The van der Waals surface area contributed by atoms with Gasteiger partial charge in [-0.25, -0.2) is 8.42 Å². The van der Waals surface area contributed by atoms with Crippen LogP contribution in [0.5, 0.6) is 0 Å². The molecule has 1 aromatic rings. The average molecular weight is 282 g/mol. The van der Waals surface area contributed by atoms with Crippen LogP contribution in [-0.2, 0) is 27.6 Å². The third-order valence-electron chi connectivity index (χ3n) is 3.37. The number of nitrogens with one attached hydrogen (secondary N) is 2. The van der Waals surface area contributed by atoms with Gasteiger partial charge in [-0.2, -0.15) is 0 Å². The van der Waals surface area contributed by atoms with Gasteiger partial charge in [0, 0.05) is 18.5 Å². The zero-order valence-electron chi connectivity index (χ0n) is 11.1. The molecule has 5 nitrogen and oxygen atoms in total. The number of benzene rings is 1. The number of carbonyl (C=O) groups is 1. The van der Waals surface area contributed by atoms with Crippen molar-refractivity contribution in [2.45, 2.75) is 25.1 Å². The quantitative estimate of drug-likeness (QED) is 0.856. The van der Waals surface area contributed by atoms with E-state index in [9.17, 15) is 13.2 Å². The van der Waals surface area contributed by atoms with Gasteiger partial charge in [0.2, 0.25) is 5.91 Å². The van der Waals surface area contributed by atoms with E-state index in [-0.39, 0.29) is 0 Å². The van der Waals surface area contributed by atoms with Crippen LogP contribution < -0.4 is 10.6 Å². The normalized spacial score (nSPS) is 16.5. The Kier molecular flexibility index (Phi) is 3.91. The zero-order chi connectivity index (χ0) is 14.0. The Bertz CT molecular complexity index is 596. The fraction of sp³-hybridized carbons (Fsp3) is 0.462. The van der Waals surface area contributed by atoms with Crippen molar-refractivity contribution in [2.24, 2.45) is 0 Å². The molecule has 104 valence electrons. The molecule has 0 aromatic heterocycles. The summed E-state index contributed by atoms with van der Waals surface area (Å²) in [5.41, 5.74) is 3.06. The highest BCUT2D eigenvalue weighted by Crippen LogP contribution is 2.19. The monoisotopic (exact) mass is 282 g/mol. The molecule has 0 saturated carbocycles. The van der Waals surface area contributed by atoms with E-state index in [4.69, 9.17) is 0 Å². The maximum atomic E-state index is 11.8. The average Bonchev–Trinajstić information content (AvgIpc) is 2.36. The maximum Gasteiger partial charge on any atom is 0.242 e. The lowest BCUT2D eigenvalue weighted by molar-refractivity contribution is -0.115. The van der Waals surface area contributed by atoms with Crippen LogP contribution >= 0.6 is 0 Å². The van der Waals surface area contributed by atoms with Gasteiger partial charge in [0.05, 0.1) is 0 Å². The van der Waals surface area contributed by atoms with Gasteiger partial charge in [0.25, 0.3) is 0 Å². The molecule has 0 saturated heterocycles. The molecule has 1 aliphatic heterocycles. The second-order valence-corrected chi connectivity index (χ2v) is 7.24. The van der Waals surface area contributed by atoms with Crippen LogP contribution in [0, 0.1) is 0 Å². The smallest absolute Gasteiger partial charge is 0.242 e. The van der Waals surface area contributed by atoms with Crippen LogP contribution in [-0.4, -0.2) is 32.4 Å². The maximum absolute atomic E-state index is 11.8. The van der Waals surface area contributed by atoms with E-state index in [1.54, 1.807) is 0 Å². The summed E-state index contributed by atoms with van der Waals surface area (Å²) in [5.74, 6) is -0.494. The molecule has 1 aromatic carbocycles. The molecule has 0 fully saturated rings. The molecule has 2 rings (SSSR count). The Balaban J connectivity index is 2.14. The minimum atomic E-state index is -3.36. The number of hydrogen-bond acceptors (Lipinski definition) is 4. The van der Waals surface area contributed by atoms with Crippen molar-refractivity contribution in [2.75, 3.05) is 18.1 Å². The second kappa shape index (κ2) is 5.30. The lowest BCUT2D eigenvalue weighted by atomic mass is 10.0. The first kappa shape index (κ1) is 14.0. The molecule has 0 spiro atoms. The Morgan fingerprint density at radius 3 is 2.79 bits per heavy atom. The van der Waals surface area contributed by atoms with E-state index in [0.29, 0.717) is 5.69 Å². The molecule has 1 heterocycles. The van der Waals surface area contributed by atoms with Crippen LogP contribution in [0.1, 0.15) is 18.1 Å². The van der Waals surface area contributed by atoms with Gasteiger partial charge in [-0.1, -0.05) is 6.07 Å². The third kappa shape index (κ3) is 3.33. The SMILES string of the molecule is CC(C(=O)Nc1ccc2c(c1)CNCC2)S(C)(=O)=O. The van der Waals surface area contributed by atoms with Crippen LogP contribution in [0.25, 0.3) is 0 Å². The highest BCUT2D eigenvalue weighted by atomic mass is 32.2. The zero-order valence-corrected chi connectivity index (χ0v) is 11.9. The molecule has 6 heteroatoms. The molecule has 0 aliphatic carbocycles. The van der Waals surface area contributed by atoms with Gasteiger partial charge < -0.3 is 10.6 Å². The predicted octanol–water partition coefficient (Wildman–Crippen LogP) is 0.704. The number of fused-ring (bicyclic) bond motifs is 1. The Morgan fingerprint density at radius 1 is 1.37 bits per heavy atom. The van der Waals surface area contributed by atoms with E-state index in [2.05, 4.69) is 10.6 Å². The van der Waals surface area contributed by atoms with Gasteiger partial charge in [-0.3, -0.25) is 4.79 Å². The fourth-order valence-electron chi connectivity index (χ4n) is 2.00. The number of amides is 1. The summed E-state index contributed by atoms with van der Waals surface area (Å²) >= 11 is 0. The number of sulfone groups is 1. The fourth-order valence-corrected chi connectivity index (χ4v) is 2.44. The summed E-state index contributed by atoms with van der Waals surface area (Å²) in [6.07, 6.45) is 2.04. The first-order valence-corrected chi connectivity index (χ1v) is 8.15. The topological polar surface area (TPSA) is 75.3 Å². The highest BCUT2D eigenvalue weighted by molar-refractivity contribution is 7.92. The van der Waals surface area contributed by atoms with Crippen molar-refractivity contribution >= 4 is 21.4 Å². The van der Waals surface area contributed by atoms with E-state index in [1.807, 2.05) is 18.2 Å². The lowest BCUT2D eigenvalue weighted by Crippen LogP contribution is -2.32. The van der Waals surface area contributed by atoms with Crippen molar-refractivity contribution in [1.29, 1.82) is 0 Å². The minimum absolute atomic E-state index is 0.494. The van der Waals surface area contributed by atoms with E-state index >= 15 is 0 Å². The molecule has 1 aliphatic rings. The molecule has 1 amide bonds. The first-order valence-electron chi connectivity index (χ1n) is 6.20. The summed E-state index contributed by atoms with van der Waals surface area (Å²) in [5, 5.41) is 4.87. The standard InChI is InChI=1S/C13H18N2O3S/c1-9(19(2,17)18)13(16)15-12-4-3-10-5-6-14-8-11(10)7-12/h3-4,7,9,14H,5-6,8H2,1-2H3,(H,15,16). The van der Waals surface area contributed by atoms with E-state index in [0.717, 1.165) is 31.3 Å². The molecular weight excluding hydrogens is 264 g/mol. The van der Waals surface area contributed by atoms with E-state index in [1.165, 1.54) is 12.5 Å². The summed E-state index contributed by atoms with van der Waals surface area (Å²) < 4.78 is 22.6.